The number of aliphatic hydroxyl groups excluding tert-OH is 1. The summed E-state index contributed by atoms with van der Waals surface area (Å²) in [5, 5.41) is 16.3. The molecule has 3 N–H and O–H groups in total. The number of thiazole rings is 1. The van der Waals surface area contributed by atoms with Gasteiger partial charge in [-0.1, -0.05) is 45.0 Å². The van der Waals surface area contributed by atoms with Gasteiger partial charge in [-0.2, -0.15) is 0 Å². The van der Waals surface area contributed by atoms with Crippen LogP contribution in [0.3, 0.4) is 0 Å². The molecule has 2 aromatic rings. The monoisotopic (exact) mass is 698 g/mol. The summed E-state index contributed by atoms with van der Waals surface area (Å²) in [6.45, 7) is 15.3. The summed E-state index contributed by atoms with van der Waals surface area (Å²) in [5.74, 6) is -1.54. The maximum Gasteiger partial charge on any atom is 0.410 e. The average molecular weight is 699 g/mol. The van der Waals surface area contributed by atoms with Crippen LogP contribution in [0.5, 0.6) is 0 Å². The Hall–Kier alpha value is -4.04. The molecule has 4 rings (SSSR count). The van der Waals surface area contributed by atoms with Gasteiger partial charge in [0.25, 0.3) is 0 Å². The van der Waals surface area contributed by atoms with Crippen LogP contribution in [0.4, 0.5) is 4.79 Å². The van der Waals surface area contributed by atoms with Gasteiger partial charge in [0.05, 0.1) is 34.6 Å². The molecule has 2 aliphatic heterocycles. The molecule has 4 atom stereocenters. The maximum atomic E-state index is 14.0. The average Bonchev–Trinajstić information content (AvgIpc) is 3.63. The standard InChI is InChI=1S/C35H50N6O7S/c1-21-29(49-20-36-21)24-11-9-23(10-12-24)26(18-28(44)39-13-15-40(16-14-39)33(47)48-35(6,7)8)38-31(45)27-17-25(43)19-41(27)32(46)30(34(3,4)5)37-22(2)42/h9-12,20,25-27,30,43H,13-19H2,1-8H3,(H,37,42)(H,38,45)/t25-,26+,27+,30-/m1/s1. The van der Waals surface area contributed by atoms with Gasteiger partial charge in [0, 0.05) is 46.1 Å². The summed E-state index contributed by atoms with van der Waals surface area (Å²) in [6, 6.07) is 4.92. The number of aryl methyl sites for hydroxylation is 1. The molecular weight excluding hydrogens is 648 g/mol. The second-order valence-corrected chi connectivity index (χ2v) is 15.8. The molecule has 2 aliphatic rings. The second kappa shape index (κ2) is 15.2. The molecule has 1 aromatic carbocycles. The number of nitrogens with zero attached hydrogens (tertiary/aromatic N) is 4. The highest BCUT2D eigenvalue weighted by Gasteiger charge is 2.45. The molecule has 14 heteroatoms. The second-order valence-electron chi connectivity index (χ2n) is 14.9. The van der Waals surface area contributed by atoms with Gasteiger partial charge < -0.3 is 35.2 Å². The molecule has 0 saturated carbocycles. The highest BCUT2D eigenvalue weighted by Crippen LogP contribution is 2.31. The first kappa shape index (κ1) is 37.8. The highest BCUT2D eigenvalue weighted by atomic mass is 32.1. The number of carbonyl (C=O) groups is 5. The first-order chi connectivity index (χ1) is 22.8. The number of aromatic nitrogens is 1. The predicted molar refractivity (Wildman–Crippen MR) is 185 cm³/mol. The lowest BCUT2D eigenvalue weighted by Gasteiger charge is -2.36. The zero-order valence-corrected chi connectivity index (χ0v) is 30.6. The first-order valence-electron chi connectivity index (χ1n) is 16.7. The van der Waals surface area contributed by atoms with Gasteiger partial charge in [-0.05, 0) is 44.2 Å². The number of benzene rings is 1. The molecule has 2 fully saturated rings. The summed E-state index contributed by atoms with van der Waals surface area (Å²) in [6.07, 6.45) is -1.39. The summed E-state index contributed by atoms with van der Waals surface area (Å²) >= 11 is 1.52. The number of hydrogen-bond acceptors (Lipinski definition) is 9. The Morgan fingerprint density at radius 3 is 2.12 bits per heavy atom. The van der Waals surface area contributed by atoms with Gasteiger partial charge in [-0.15, -0.1) is 11.3 Å². The van der Waals surface area contributed by atoms with Gasteiger partial charge in [-0.3, -0.25) is 19.2 Å². The van der Waals surface area contributed by atoms with E-state index in [9.17, 15) is 29.1 Å². The fourth-order valence-corrected chi connectivity index (χ4v) is 6.87. The molecule has 0 spiro atoms. The molecule has 0 radical (unpaired) electrons. The number of aliphatic hydroxyl groups is 1. The third-order valence-corrected chi connectivity index (χ3v) is 9.60. The number of β-amino-alcohol motifs (C(OH)–C–C–N with tert-alkyl or cyclic N) is 1. The summed E-state index contributed by atoms with van der Waals surface area (Å²) in [7, 11) is 0. The van der Waals surface area contributed by atoms with Crippen LogP contribution in [-0.2, 0) is 23.9 Å². The van der Waals surface area contributed by atoms with E-state index < -0.39 is 53.2 Å². The molecule has 13 nitrogen and oxygen atoms in total. The van der Waals surface area contributed by atoms with Crippen molar-refractivity contribution in [1.29, 1.82) is 0 Å². The fraction of sp³-hybridized carbons (Fsp3) is 0.600. The van der Waals surface area contributed by atoms with E-state index in [2.05, 4.69) is 15.6 Å². The minimum atomic E-state index is -1.00. The number of ether oxygens (including phenoxy) is 1. The van der Waals surface area contributed by atoms with E-state index in [0.29, 0.717) is 31.7 Å². The van der Waals surface area contributed by atoms with Crippen LogP contribution in [-0.4, -0.2) is 111 Å². The Morgan fingerprint density at radius 1 is 0.980 bits per heavy atom. The lowest BCUT2D eigenvalue weighted by molar-refractivity contribution is -0.144. The third kappa shape index (κ3) is 9.78. The number of carbonyl (C=O) groups excluding carboxylic acids is 5. The van der Waals surface area contributed by atoms with Crippen LogP contribution >= 0.6 is 11.3 Å². The molecule has 1 aromatic heterocycles. The first-order valence-corrected chi connectivity index (χ1v) is 17.5. The van der Waals surface area contributed by atoms with Gasteiger partial charge >= 0.3 is 6.09 Å². The van der Waals surface area contributed by atoms with Crippen LogP contribution in [0.15, 0.2) is 29.8 Å². The van der Waals surface area contributed by atoms with Crippen molar-refractivity contribution in [2.45, 2.75) is 98.1 Å². The Bertz CT molecular complexity index is 1520. The molecule has 49 heavy (non-hydrogen) atoms. The van der Waals surface area contributed by atoms with Crippen molar-refractivity contribution in [3.8, 4) is 10.4 Å². The number of hydrogen-bond donors (Lipinski definition) is 3. The fourth-order valence-electron chi connectivity index (χ4n) is 6.06. The van der Waals surface area contributed by atoms with Crippen LogP contribution in [0.2, 0.25) is 0 Å². The summed E-state index contributed by atoms with van der Waals surface area (Å²) < 4.78 is 5.48. The van der Waals surface area contributed by atoms with Crippen LogP contribution < -0.4 is 10.6 Å². The summed E-state index contributed by atoms with van der Waals surface area (Å²) in [5.41, 5.74) is 3.06. The Balaban J connectivity index is 1.54. The van der Waals surface area contributed by atoms with Crippen molar-refractivity contribution in [3.63, 3.8) is 0 Å². The lowest BCUT2D eigenvalue weighted by atomic mass is 9.85. The van der Waals surface area contributed by atoms with Crippen molar-refractivity contribution in [1.82, 2.24) is 30.3 Å². The highest BCUT2D eigenvalue weighted by molar-refractivity contribution is 7.13. The van der Waals surface area contributed by atoms with E-state index in [1.165, 1.54) is 23.2 Å². The van der Waals surface area contributed by atoms with Gasteiger partial charge in [-0.25, -0.2) is 9.78 Å². The van der Waals surface area contributed by atoms with Crippen LogP contribution in [0, 0.1) is 12.3 Å². The number of likely N-dealkylation sites (tertiary alicyclic amines) is 1. The van der Waals surface area contributed by atoms with E-state index in [0.717, 1.165) is 16.1 Å². The molecule has 5 amide bonds. The smallest absolute Gasteiger partial charge is 0.410 e. The van der Waals surface area contributed by atoms with E-state index in [4.69, 9.17) is 4.74 Å². The Morgan fingerprint density at radius 2 is 1.59 bits per heavy atom. The molecule has 0 bridgehead atoms. The predicted octanol–water partition coefficient (Wildman–Crippen LogP) is 3.26. The van der Waals surface area contributed by atoms with Crippen molar-refractivity contribution < 1.29 is 33.8 Å². The molecule has 2 saturated heterocycles. The number of rotatable bonds is 8. The SMILES string of the molecule is CC(=O)N[C@H](C(=O)N1C[C@H](O)C[C@H]1C(=O)N[C@@H](CC(=O)N1CCN(C(=O)OC(C)(C)C)CC1)c1ccc(-c2scnc2C)cc1)C(C)(C)C. The molecule has 3 heterocycles. The van der Waals surface area contributed by atoms with E-state index in [1.54, 1.807) is 36.1 Å². The number of amides is 5. The normalized spacial score (nSPS) is 19.7. The minimum Gasteiger partial charge on any atom is -0.444 e. The van der Waals surface area contributed by atoms with Crippen LogP contribution in [0.25, 0.3) is 10.4 Å². The maximum absolute atomic E-state index is 14.0. The van der Waals surface area contributed by atoms with Gasteiger partial charge in [0.1, 0.15) is 17.7 Å². The summed E-state index contributed by atoms with van der Waals surface area (Å²) in [4.78, 5) is 75.9. The van der Waals surface area contributed by atoms with Gasteiger partial charge in [0.2, 0.25) is 23.6 Å². The topological polar surface area (TPSA) is 161 Å². The quantitative estimate of drug-likeness (QED) is 0.379. The van der Waals surface area contributed by atoms with E-state index in [-0.39, 0.29) is 31.2 Å². The van der Waals surface area contributed by atoms with E-state index in [1.807, 2.05) is 52.0 Å². The van der Waals surface area contributed by atoms with Crippen molar-refractivity contribution >= 4 is 41.1 Å². The number of nitrogens with one attached hydrogen (secondary N) is 2. The minimum absolute atomic E-state index is 0.0192. The van der Waals surface area contributed by atoms with Crippen molar-refractivity contribution in [3.05, 3.63) is 41.0 Å². The Kier molecular flexibility index (Phi) is 11.7. The third-order valence-electron chi connectivity index (χ3n) is 8.63. The van der Waals surface area contributed by atoms with Crippen molar-refractivity contribution in [2.75, 3.05) is 32.7 Å². The zero-order valence-electron chi connectivity index (χ0n) is 29.7. The molecule has 268 valence electrons. The zero-order chi connectivity index (χ0) is 36.3. The largest absolute Gasteiger partial charge is 0.444 e. The van der Waals surface area contributed by atoms with E-state index >= 15 is 0 Å². The lowest BCUT2D eigenvalue weighted by Crippen LogP contribution is -2.57. The molecule has 0 unspecified atom stereocenters. The molecule has 0 aliphatic carbocycles. The molecular formula is C35H50N6O7S. The van der Waals surface area contributed by atoms with Crippen molar-refractivity contribution in [2.24, 2.45) is 5.41 Å². The van der Waals surface area contributed by atoms with Crippen LogP contribution in [0.1, 0.15) is 78.6 Å². The Labute approximate surface area is 292 Å². The number of piperazine rings is 1. The van der Waals surface area contributed by atoms with Gasteiger partial charge in [0.15, 0.2) is 0 Å².